The van der Waals surface area contributed by atoms with Crippen molar-refractivity contribution in [2.45, 2.75) is 33.3 Å². The molecule has 0 saturated carbocycles. The number of nitrogens with zero attached hydrogens (tertiary/aromatic N) is 1. The number of rotatable bonds is 5. The Balaban J connectivity index is 2.61. The Kier molecular flexibility index (Phi) is 4.74. The van der Waals surface area contributed by atoms with Crippen LogP contribution in [-0.4, -0.2) is 23.7 Å². The van der Waals surface area contributed by atoms with E-state index < -0.39 is 0 Å². The van der Waals surface area contributed by atoms with Gasteiger partial charge in [-0.2, -0.15) is 0 Å². The van der Waals surface area contributed by atoms with Gasteiger partial charge in [-0.25, -0.2) is 4.98 Å². The Morgan fingerprint density at radius 2 is 2.19 bits per heavy atom. The second-order valence-corrected chi connectivity index (χ2v) is 5.28. The first kappa shape index (κ1) is 13.5. The van der Waals surface area contributed by atoms with Gasteiger partial charge in [0.2, 0.25) is 0 Å². The average Bonchev–Trinajstić information content (AvgIpc) is 2.16. The fourth-order valence-corrected chi connectivity index (χ4v) is 1.91. The molecule has 4 heteroatoms. The van der Waals surface area contributed by atoms with E-state index in [1.807, 2.05) is 19.9 Å². The molecular weight excluding hydrogens is 268 g/mol. The second kappa shape index (κ2) is 5.64. The highest BCUT2D eigenvalue weighted by molar-refractivity contribution is 9.10. The molecule has 1 rings (SSSR count). The maximum atomic E-state index is 5.62. The predicted octanol–water partition coefficient (Wildman–Crippen LogP) is 3.38. The number of hydrogen-bond acceptors (Lipinski definition) is 3. The second-order valence-electron chi connectivity index (χ2n) is 4.37. The SMILES string of the molecule is CCOC(C)(C)CNc1ncc(Br)cc1C. The van der Waals surface area contributed by atoms with Crippen LogP contribution >= 0.6 is 15.9 Å². The van der Waals surface area contributed by atoms with E-state index in [4.69, 9.17) is 4.74 Å². The summed E-state index contributed by atoms with van der Waals surface area (Å²) in [4.78, 5) is 4.33. The number of aromatic nitrogens is 1. The summed E-state index contributed by atoms with van der Waals surface area (Å²) in [6.07, 6.45) is 1.79. The maximum absolute atomic E-state index is 5.62. The van der Waals surface area contributed by atoms with Gasteiger partial charge in [-0.15, -0.1) is 0 Å². The van der Waals surface area contributed by atoms with Gasteiger partial charge in [0.1, 0.15) is 5.82 Å². The molecule has 0 amide bonds. The predicted molar refractivity (Wildman–Crippen MR) is 70.9 cm³/mol. The van der Waals surface area contributed by atoms with Crippen LogP contribution in [0.1, 0.15) is 26.3 Å². The summed E-state index contributed by atoms with van der Waals surface area (Å²) < 4.78 is 6.61. The van der Waals surface area contributed by atoms with Gasteiger partial charge in [-0.1, -0.05) is 0 Å². The van der Waals surface area contributed by atoms with Gasteiger partial charge in [-0.05, 0) is 55.3 Å². The van der Waals surface area contributed by atoms with Crippen molar-refractivity contribution in [2.24, 2.45) is 0 Å². The summed E-state index contributed by atoms with van der Waals surface area (Å²) in [5.74, 6) is 0.913. The molecule has 1 aromatic rings. The topological polar surface area (TPSA) is 34.1 Å². The number of nitrogens with one attached hydrogen (secondary N) is 1. The van der Waals surface area contributed by atoms with Crippen LogP contribution < -0.4 is 5.32 Å². The van der Waals surface area contributed by atoms with Crippen molar-refractivity contribution in [3.63, 3.8) is 0 Å². The van der Waals surface area contributed by atoms with Crippen LogP contribution in [0.15, 0.2) is 16.7 Å². The summed E-state index contributed by atoms with van der Waals surface area (Å²) >= 11 is 3.40. The van der Waals surface area contributed by atoms with E-state index in [9.17, 15) is 0 Å². The first-order valence-corrected chi connectivity index (χ1v) is 6.24. The third-order valence-corrected chi connectivity index (χ3v) is 2.70. The molecule has 0 fully saturated rings. The van der Waals surface area contributed by atoms with Gasteiger partial charge in [0.25, 0.3) is 0 Å². The summed E-state index contributed by atoms with van der Waals surface area (Å²) in [5, 5.41) is 3.31. The molecule has 3 nitrogen and oxygen atoms in total. The summed E-state index contributed by atoms with van der Waals surface area (Å²) in [7, 11) is 0. The lowest BCUT2D eigenvalue weighted by atomic mass is 10.1. The number of anilines is 1. The van der Waals surface area contributed by atoms with Gasteiger partial charge in [0, 0.05) is 23.8 Å². The molecule has 0 radical (unpaired) electrons. The fraction of sp³-hybridized carbons (Fsp3) is 0.583. The van der Waals surface area contributed by atoms with Gasteiger partial charge < -0.3 is 10.1 Å². The molecule has 1 N–H and O–H groups in total. The minimum atomic E-state index is -0.171. The van der Waals surface area contributed by atoms with Crippen LogP contribution in [0.4, 0.5) is 5.82 Å². The van der Waals surface area contributed by atoms with Crippen LogP contribution in [-0.2, 0) is 4.74 Å². The monoisotopic (exact) mass is 286 g/mol. The number of pyridine rings is 1. The van der Waals surface area contributed by atoms with Gasteiger partial charge in [-0.3, -0.25) is 0 Å². The van der Waals surface area contributed by atoms with Crippen molar-refractivity contribution in [2.75, 3.05) is 18.5 Å². The zero-order chi connectivity index (χ0) is 12.2. The fourth-order valence-electron chi connectivity index (χ4n) is 1.46. The van der Waals surface area contributed by atoms with Crippen LogP contribution in [0, 0.1) is 6.92 Å². The summed E-state index contributed by atoms with van der Waals surface area (Å²) in [6, 6.07) is 2.04. The molecule has 0 spiro atoms. The van der Waals surface area contributed by atoms with E-state index in [2.05, 4.69) is 40.1 Å². The van der Waals surface area contributed by atoms with Crippen LogP contribution in [0.3, 0.4) is 0 Å². The van der Waals surface area contributed by atoms with Crippen molar-refractivity contribution < 1.29 is 4.74 Å². The molecule has 1 heterocycles. The van der Waals surface area contributed by atoms with E-state index in [1.54, 1.807) is 6.20 Å². The summed E-state index contributed by atoms with van der Waals surface area (Å²) in [6.45, 7) is 9.64. The lowest BCUT2D eigenvalue weighted by Gasteiger charge is -2.25. The van der Waals surface area contributed by atoms with Crippen LogP contribution in [0.25, 0.3) is 0 Å². The number of aryl methyl sites for hydroxylation is 1. The molecule has 0 aliphatic carbocycles. The molecule has 0 atom stereocenters. The number of hydrogen-bond donors (Lipinski definition) is 1. The van der Waals surface area contributed by atoms with Crippen molar-refractivity contribution in [1.29, 1.82) is 0 Å². The van der Waals surface area contributed by atoms with E-state index >= 15 is 0 Å². The highest BCUT2D eigenvalue weighted by atomic mass is 79.9. The summed E-state index contributed by atoms with van der Waals surface area (Å²) in [5.41, 5.74) is 0.956. The van der Waals surface area contributed by atoms with Crippen LogP contribution in [0.2, 0.25) is 0 Å². The molecule has 0 bridgehead atoms. The lowest BCUT2D eigenvalue weighted by molar-refractivity contribution is 0.000637. The number of ether oxygens (including phenoxy) is 1. The van der Waals surface area contributed by atoms with Gasteiger partial charge >= 0.3 is 0 Å². The molecule has 0 aromatic carbocycles. The van der Waals surface area contributed by atoms with Gasteiger partial charge in [0.15, 0.2) is 0 Å². The molecule has 0 saturated heterocycles. The van der Waals surface area contributed by atoms with E-state index in [-0.39, 0.29) is 5.60 Å². The molecule has 0 aliphatic rings. The highest BCUT2D eigenvalue weighted by Crippen LogP contribution is 2.18. The molecule has 1 aromatic heterocycles. The van der Waals surface area contributed by atoms with Gasteiger partial charge in [0.05, 0.1) is 5.60 Å². The first-order chi connectivity index (χ1) is 7.44. The smallest absolute Gasteiger partial charge is 0.129 e. The van der Waals surface area contributed by atoms with Crippen molar-refractivity contribution in [1.82, 2.24) is 4.98 Å². The average molecular weight is 287 g/mol. The Hall–Kier alpha value is -0.610. The zero-order valence-electron chi connectivity index (χ0n) is 10.3. The Morgan fingerprint density at radius 3 is 2.75 bits per heavy atom. The highest BCUT2D eigenvalue weighted by Gasteiger charge is 2.17. The Morgan fingerprint density at radius 1 is 1.50 bits per heavy atom. The molecule has 0 aliphatic heterocycles. The van der Waals surface area contributed by atoms with Crippen LogP contribution in [0.5, 0.6) is 0 Å². The first-order valence-electron chi connectivity index (χ1n) is 5.44. The maximum Gasteiger partial charge on any atom is 0.129 e. The molecule has 0 unspecified atom stereocenters. The molecular formula is C12H19BrN2O. The van der Waals surface area contributed by atoms with E-state index in [0.29, 0.717) is 0 Å². The van der Waals surface area contributed by atoms with Crippen molar-refractivity contribution >= 4 is 21.7 Å². The minimum absolute atomic E-state index is 0.171. The minimum Gasteiger partial charge on any atom is -0.374 e. The van der Waals surface area contributed by atoms with Crippen molar-refractivity contribution in [3.05, 3.63) is 22.3 Å². The number of halogens is 1. The van der Waals surface area contributed by atoms with E-state index in [0.717, 1.165) is 29.0 Å². The lowest BCUT2D eigenvalue weighted by Crippen LogP contribution is -2.33. The molecule has 16 heavy (non-hydrogen) atoms. The third kappa shape index (κ3) is 4.10. The standard InChI is InChI=1S/C12H19BrN2O/c1-5-16-12(3,4)8-15-11-9(2)6-10(13)7-14-11/h6-7H,5,8H2,1-4H3,(H,14,15). The van der Waals surface area contributed by atoms with E-state index in [1.165, 1.54) is 0 Å². The third-order valence-electron chi connectivity index (χ3n) is 2.26. The molecule has 90 valence electrons. The quantitative estimate of drug-likeness (QED) is 0.901. The Labute approximate surface area is 106 Å². The van der Waals surface area contributed by atoms with Crippen molar-refractivity contribution in [3.8, 4) is 0 Å². The normalized spacial score (nSPS) is 11.6. The largest absolute Gasteiger partial charge is 0.374 e. The Bertz CT molecular complexity index is 353. The zero-order valence-corrected chi connectivity index (χ0v) is 11.9.